The highest BCUT2D eigenvalue weighted by Gasteiger charge is 2.27. The van der Waals surface area contributed by atoms with Gasteiger partial charge in [-0.25, -0.2) is 9.18 Å². The highest BCUT2D eigenvalue weighted by Crippen LogP contribution is 2.39. The van der Waals surface area contributed by atoms with Gasteiger partial charge in [0.2, 0.25) is 5.91 Å². The fourth-order valence-electron chi connectivity index (χ4n) is 3.99. The lowest BCUT2D eigenvalue weighted by atomic mass is 9.82. The minimum Gasteiger partial charge on any atom is -0.507 e. The Morgan fingerprint density at radius 3 is 2.65 bits per heavy atom. The summed E-state index contributed by atoms with van der Waals surface area (Å²) in [6, 6.07) is 12.3. The summed E-state index contributed by atoms with van der Waals surface area (Å²) >= 11 is 0. The van der Waals surface area contributed by atoms with Crippen molar-refractivity contribution in [1.29, 1.82) is 0 Å². The highest BCUT2D eigenvalue weighted by atomic mass is 19.1. The number of aromatic hydroxyl groups is 1. The van der Waals surface area contributed by atoms with Gasteiger partial charge in [0.1, 0.15) is 11.6 Å². The first-order valence-electron chi connectivity index (χ1n) is 11.6. The molecule has 1 aromatic heterocycles. The summed E-state index contributed by atoms with van der Waals surface area (Å²) in [5.41, 5.74) is 2.84. The van der Waals surface area contributed by atoms with E-state index >= 15 is 0 Å². The van der Waals surface area contributed by atoms with Crippen molar-refractivity contribution >= 4 is 17.6 Å². The number of anilines is 1. The number of phenolic OH excluding ortho intramolecular Hbond substituents is 1. The number of hydrogen-bond acceptors (Lipinski definition) is 4. The Bertz CT molecular complexity index is 1200. The molecule has 0 bridgehead atoms. The second kappa shape index (κ2) is 10.1. The number of carbonyl (C=O) groups is 2. The van der Waals surface area contributed by atoms with Crippen molar-refractivity contribution < 1.29 is 19.1 Å². The van der Waals surface area contributed by atoms with Gasteiger partial charge < -0.3 is 15.7 Å². The number of rotatable bonds is 7. The van der Waals surface area contributed by atoms with E-state index in [0.717, 1.165) is 25.0 Å². The Balaban J connectivity index is 1.59. The molecule has 0 aliphatic heterocycles. The Hall–Kier alpha value is -3.68. The first-order valence-corrected chi connectivity index (χ1v) is 11.6. The number of nitrogens with one attached hydrogen (secondary N) is 2. The second-order valence-corrected chi connectivity index (χ2v) is 9.16. The van der Waals surface area contributed by atoms with E-state index in [0.29, 0.717) is 28.9 Å². The summed E-state index contributed by atoms with van der Waals surface area (Å²) < 4.78 is 14.8. The molecule has 4 rings (SSSR count). The molecule has 178 valence electrons. The van der Waals surface area contributed by atoms with Gasteiger partial charge in [-0.05, 0) is 60.7 Å². The van der Waals surface area contributed by atoms with Crippen LogP contribution in [0.2, 0.25) is 0 Å². The summed E-state index contributed by atoms with van der Waals surface area (Å²) in [6.07, 6.45) is 3.39. The smallest absolute Gasteiger partial charge is 0.342 e. The summed E-state index contributed by atoms with van der Waals surface area (Å²) in [6.45, 7) is 4.10. The molecule has 1 aliphatic rings. The lowest BCUT2D eigenvalue weighted by Crippen LogP contribution is -2.31. The molecule has 1 aliphatic carbocycles. The van der Waals surface area contributed by atoms with Crippen LogP contribution in [0.3, 0.4) is 0 Å². The van der Waals surface area contributed by atoms with E-state index in [-0.39, 0.29) is 35.9 Å². The number of benzene rings is 2. The quantitative estimate of drug-likeness (QED) is 0.408. The Labute approximate surface area is 198 Å². The molecular weight excluding hydrogens is 435 g/mol. The summed E-state index contributed by atoms with van der Waals surface area (Å²) in [4.78, 5) is 25.2. The van der Waals surface area contributed by atoms with Gasteiger partial charge in [0.25, 0.3) is 0 Å². The van der Waals surface area contributed by atoms with Crippen LogP contribution in [0.25, 0.3) is 11.3 Å². The molecule has 7 nitrogen and oxygen atoms in total. The molecule has 8 heteroatoms. The third-order valence-corrected chi connectivity index (χ3v) is 5.94. The number of amides is 2. The Morgan fingerprint density at radius 1 is 1.18 bits per heavy atom. The molecule has 2 amide bonds. The average molecular weight is 465 g/mol. The van der Waals surface area contributed by atoms with Gasteiger partial charge in [-0.2, -0.15) is 9.78 Å². The molecule has 3 N–H and O–H groups in total. The lowest BCUT2D eigenvalue weighted by Gasteiger charge is -2.25. The second-order valence-electron chi connectivity index (χ2n) is 9.16. The summed E-state index contributed by atoms with van der Waals surface area (Å²) in [7, 11) is 0. The van der Waals surface area contributed by atoms with Crippen LogP contribution >= 0.6 is 0 Å². The van der Waals surface area contributed by atoms with E-state index in [4.69, 9.17) is 0 Å². The van der Waals surface area contributed by atoms with Crippen LogP contribution in [-0.2, 0) is 11.3 Å². The molecule has 2 aromatic carbocycles. The van der Waals surface area contributed by atoms with E-state index in [1.807, 2.05) is 19.9 Å². The van der Waals surface area contributed by atoms with Crippen LogP contribution in [-0.4, -0.2) is 26.8 Å². The molecule has 0 radical (unpaired) electrons. The number of nitrogens with zero attached hydrogens (tertiary/aromatic N) is 2. The molecule has 1 heterocycles. The maximum atomic E-state index is 13.5. The van der Waals surface area contributed by atoms with Crippen molar-refractivity contribution in [2.75, 3.05) is 5.32 Å². The van der Waals surface area contributed by atoms with Crippen LogP contribution in [0.15, 0.2) is 48.5 Å². The predicted molar refractivity (Wildman–Crippen MR) is 128 cm³/mol. The zero-order valence-corrected chi connectivity index (χ0v) is 19.3. The zero-order valence-electron chi connectivity index (χ0n) is 19.3. The fraction of sp³-hybridized carbons (Fsp3) is 0.346. The molecular formula is C26H29FN4O3. The average Bonchev–Trinajstić information content (AvgIpc) is 3.16. The van der Waals surface area contributed by atoms with Crippen LogP contribution in [0.1, 0.15) is 56.7 Å². The Morgan fingerprint density at radius 2 is 1.97 bits per heavy atom. The van der Waals surface area contributed by atoms with Gasteiger partial charge in [-0.15, -0.1) is 0 Å². The Kier molecular flexibility index (Phi) is 6.95. The number of hydrogen-bond donors (Lipinski definition) is 3. The van der Waals surface area contributed by atoms with Gasteiger partial charge in [0.05, 0.1) is 11.4 Å². The van der Waals surface area contributed by atoms with E-state index in [1.165, 1.54) is 22.9 Å². The molecule has 0 spiro atoms. The third-order valence-electron chi connectivity index (χ3n) is 5.94. The van der Waals surface area contributed by atoms with Gasteiger partial charge in [0.15, 0.2) is 0 Å². The zero-order chi connectivity index (χ0) is 24.2. The fourth-order valence-corrected chi connectivity index (χ4v) is 3.99. The van der Waals surface area contributed by atoms with Gasteiger partial charge in [-0.1, -0.05) is 32.4 Å². The monoisotopic (exact) mass is 464 g/mol. The van der Waals surface area contributed by atoms with Crippen molar-refractivity contribution in [2.45, 2.75) is 52.0 Å². The summed E-state index contributed by atoms with van der Waals surface area (Å²) in [5, 5.41) is 20.6. The number of halogens is 1. The molecule has 3 aromatic rings. The van der Waals surface area contributed by atoms with E-state index in [2.05, 4.69) is 15.7 Å². The lowest BCUT2D eigenvalue weighted by molar-refractivity contribution is -0.116. The maximum absolute atomic E-state index is 13.5. The van der Waals surface area contributed by atoms with Gasteiger partial charge in [0, 0.05) is 30.1 Å². The molecule has 1 fully saturated rings. The first kappa shape index (κ1) is 23.5. The standard InChI is InChI=1S/C26H29FN4O3/c1-16(2)11-25(33)29-20-9-10-24(32)21(13-20)22-14-23(18-6-4-7-18)31(30-22)26(34)28-15-17-5-3-8-19(27)12-17/h3,5,8-10,12-14,16,18,32H,4,6-7,11,15H2,1-2H3,(H,28,34)(H,29,33). The van der Waals surface area contributed by atoms with Crippen molar-refractivity contribution in [1.82, 2.24) is 15.1 Å². The SMILES string of the molecule is CC(C)CC(=O)Nc1ccc(O)c(-c2cc(C3CCC3)n(C(=O)NCc3cccc(F)c3)n2)c1. The first-order chi connectivity index (χ1) is 16.3. The van der Waals surface area contributed by atoms with E-state index < -0.39 is 6.03 Å². The minimum absolute atomic E-state index is 0.00633. The number of phenols is 1. The molecule has 34 heavy (non-hydrogen) atoms. The topological polar surface area (TPSA) is 96.2 Å². The molecule has 0 atom stereocenters. The third kappa shape index (κ3) is 5.44. The van der Waals surface area contributed by atoms with Crippen LogP contribution in [0, 0.1) is 11.7 Å². The molecule has 1 saturated carbocycles. The van der Waals surface area contributed by atoms with Crippen molar-refractivity contribution in [3.05, 3.63) is 65.6 Å². The number of carbonyl (C=O) groups excluding carboxylic acids is 2. The number of aromatic nitrogens is 2. The highest BCUT2D eigenvalue weighted by molar-refractivity contribution is 5.92. The van der Waals surface area contributed by atoms with Crippen LogP contribution < -0.4 is 10.6 Å². The van der Waals surface area contributed by atoms with Crippen molar-refractivity contribution in [3.8, 4) is 17.0 Å². The van der Waals surface area contributed by atoms with Crippen LogP contribution in [0.4, 0.5) is 14.9 Å². The largest absolute Gasteiger partial charge is 0.507 e. The van der Waals surface area contributed by atoms with Crippen molar-refractivity contribution in [2.24, 2.45) is 5.92 Å². The molecule has 0 unspecified atom stereocenters. The maximum Gasteiger partial charge on any atom is 0.342 e. The van der Waals surface area contributed by atoms with E-state index in [9.17, 15) is 19.1 Å². The van der Waals surface area contributed by atoms with Gasteiger partial charge in [-0.3, -0.25) is 4.79 Å². The molecule has 0 saturated heterocycles. The van der Waals surface area contributed by atoms with E-state index in [1.54, 1.807) is 24.3 Å². The normalized spacial score (nSPS) is 13.5. The minimum atomic E-state index is -0.418. The van der Waals surface area contributed by atoms with Crippen LogP contribution in [0.5, 0.6) is 5.75 Å². The van der Waals surface area contributed by atoms with Gasteiger partial charge >= 0.3 is 6.03 Å². The van der Waals surface area contributed by atoms with Crippen molar-refractivity contribution in [3.63, 3.8) is 0 Å². The summed E-state index contributed by atoms with van der Waals surface area (Å²) in [5.74, 6) is -0.0320. The predicted octanol–water partition coefficient (Wildman–Crippen LogP) is 5.40.